The monoisotopic (exact) mass is 271 g/mol. The fourth-order valence-corrected chi connectivity index (χ4v) is 2.65. The van der Waals surface area contributed by atoms with Crippen LogP contribution in [0.5, 0.6) is 0 Å². The molecule has 0 aromatic rings. The molecule has 1 aliphatic carbocycles. The van der Waals surface area contributed by atoms with E-state index in [-0.39, 0.29) is 24.0 Å². The second-order valence-corrected chi connectivity index (χ2v) is 5.65. The Bertz CT molecular complexity index is 325. The number of nitrogens with zero attached hydrogens (tertiary/aromatic N) is 1. The van der Waals surface area contributed by atoms with Crippen molar-refractivity contribution in [1.82, 2.24) is 15.5 Å². The number of rotatable bonds is 6. The minimum absolute atomic E-state index is 0.0490. The number of likely N-dealkylation sites (N-methyl/N-ethyl adjacent to an activating group) is 1. The van der Waals surface area contributed by atoms with Crippen LogP contribution in [0.25, 0.3) is 0 Å². The molecule has 6 nitrogen and oxygen atoms in total. The Labute approximate surface area is 114 Å². The highest BCUT2D eigenvalue weighted by molar-refractivity contribution is 5.75. The van der Waals surface area contributed by atoms with Crippen LogP contribution in [0.3, 0.4) is 0 Å². The Morgan fingerprint density at radius 2 is 1.89 bits per heavy atom. The largest absolute Gasteiger partial charge is 0.481 e. The molecule has 1 unspecified atom stereocenters. The van der Waals surface area contributed by atoms with E-state index in [0.29, 0.717) is 6.54 Å². The van der Waals surface area contributed by atoms with Gasteiger partial charge < -0.3 is 20.6 Å². The number of aliphatic carboxylic acids is 1. The van der Waals surface area contributed by atoms with Crippen molar-refractivity contribution >= 4 is 12.0 Å². The number of urea groups is 1. The van der Waals surface area contributed by atoms with Crippen molar-refractivity contribution in [2.45, 2.75) is 50.6 Å². The van der Waals surface area contributed by atoms with Gasteiger partial charge in [0.25, 0.3) is 0 Å². The highest BCUT2D eigenvalue weighted by Crippen LogP contribution is 2.32. The van der Waals surface area contributed by atoms with Crippen LogP contribution in [-0.4, -0.2) is 54.2 Å². The van der Waals surface area contributed by atoms with E-state index < -0.39 is 5.97 Å². The quantitative estimate of drug-likeness (QED) is 0.674. The summed E-state index contributed by atoms with van der Waals surface area (Å²) in [5.74, 6) is -0.909. The average Bonchev–Trinajstić information content (AvgIpc) is 2.74. The molecule has 110 valence electrons. The molecule has 0 radical (unpaired) electrons. The third-order valence-corrected chi connectivity index (χ3v) is 3.92. The summed E-state index contributed by atoms with van der Waals surface area (Å²) in [5, 5.41) is 14.1. The first kappa shape index (κ1) is 15.8. The fourth-order valence-electron chi connectivity index (χ4n) is 2.65. The maximum atomic E-state index is 11.7. The molecule has 0 aliphatic heterocycles. The van der Waals surface area contributed by atoms with Crippen LogP contribution in [0.1, 0.15) is 39.0 Å². The third kappa shape index (κ3) is 4.70. The summed E-state index contributed by atoms with van der Waals surface area (Å²) in [6.07, 6.45) is 4.50. The van der Waals surface area contributed by atoms with Crippen molar-refractivity contribution in [2.75, 3.05) is 20.6 Å². The van der Waals surface area contributed by atoms with Crippen molar-refractivity contribution in [1.29, 1.82) is 0 Å². The van der Waals surface area contributed by atoms with E-state index in [2.05, 4.69) is 15.5 Å². The van der Waals surface area contributed by atoms with E-state index >= 15 is 0 Å². The molecular weight excluding hydrogens is 246 g/mol. The van der Waals surface area contributed by atoms with Gasteiger partial charge in [-0.2, -0.15) is 0 Å². The van der Waals surface area contributed by atoms with Crippen molar-refractivity contribution in [3.8, 4) is 0 Å². The maximum absolute atomic E-state index is 11.7. The molecular formula is C13H25N3O3. The number of carbonyl (C=O) groups excluding carboxylic acids is 1. The summed E-state index contributed by atoms with van der Waals surface area (Å²) < 4.78 is 0. The summed E-state index contributed by atoms with van der Waals surface area (Å²) in [6.45, 7) is 2.29. The first-order chi connectivity index (χ1) is 8.85. The third-order valence-electron chi connectivity index (χ3n) is 3.92. The smallest absolute Gasteiger partial charge is 0.315 e. The summed E-state index contributed by atoms with van der Waals surface area (Å²) >= 11 is 0. The summed E-state index contributed by atoms with van der Waals surface area (Å²) in [4.78, 5) is 24.4. The number of nitrogens with one attached hydrogen (secondary N) is 2. The molecule has 0 heterocycles. The van der Waals surface area contributed by atoms with E-state index in [1.54, 1.807) is 6.92 Å². The number of carboxylic acids is 1. The Hall–Kier alpha value is -1.30. The fraction of sp³-hybridized carbons (Fsp3) is 0.846. The van der Waals surface area contributed by atoms with E-state index in [1.165, 1.54) is 12.8 Å². The van der Waals surface area contributed by atoms with Crippen LogP contribution in [0.15, 0.2) is 0 Å². The number of hydrogen-bond acceptors (Lipinski definition) is 3. The first-order valence-electron chi connectivity index (χ1n) is 6.79. The molecule has 0 saturated heterocycles. The normalized spacial score (nSPS) is 19.2. The van der Waals surface area contributed by atoms with Crippen molar-refractivity contribution in [3.05, 3.63) is 0 Å². The van der Waals surface area contributed by atoms with Crippen molar-refractivity contribution in [2.24, 2.45) is 0 Å². The molecule has 0 aromatic carbocycles. The van der Waals surface area contributed by atoms with Gasteiger partial charge in [0.2, 0.25) is 0 Å². The maximum Gasteiger partial charge on any atom is 0.315 e. The molecule has 0 spiro atoms. The van der Waals surface area contributed by atoms with Gasteiger partial charge in [0.1, 0.15) is 0 Å². The standard InChI is InChI=1S/C13H25N3O3/c1-10(8-11(17)18)15-12(19)14-9-13(16(2)3)6-4-5-7-13/h10H,4-9H2,1-3H3,(H,17,18)(H2,14,15,19). The SMILES string of the molecule is CC(CC(=O)O)NC(=O)NCC1(N(C)C)CCCC1. The van der Waals surface area contributed by atoms with Gasteiger partial charge in [0.15, 0.2) is 0 Å². The molecule has 1 fully saturated rings. The molecule has 1 saturated carbocycles. The van der Waals surface area contributed by atoms with E-state index in [1.807, 2.05) is 14.1 Å². The predicted molar refractivity (Wildman–Crippen MR) is 73.1 cm³/mol. The lowest BCUT2D eigenvalue weighted by Gasteiger charge is -2.36. The minimum Gasteiger partial charge on any atom is -0.481 e. The van der Waals surface area contributed by atoms with Gasteiger partial charge in [0, 0.05) is 18.1 Å². The number of hydrogen-bond donors (Lipinski definition) is 3. The number of carbonyl (C=O) groups is 2. The van der Waals surface area contributed by atoms with Crippen molar-refractivity contribution in [3.63, 3.8) is 0 Å². The van der Waals surface area contributed by atoms with Crippen LogP contribution >= 0.6 is 0 Å². The summed E-state index contributed by atoms with van der Waals surface area (Å²) in [5.41, 5.74) is 0.0490. The molecule has 19 heavy (non-hydrogen) atoms. The predicted octanol–water partition coefficient (Wildman–Crippen LogP) is 1.02. The Morgan fingerprint density at radius 3 is 2.37 bits per heavy atom. The second-order valence-electron chi connectivity index (χ2n) is 5.65. The summed E-state index contributed by atoms with van der Waals surface area (Å²) in [6, 6.07) is -0.654. The lowest BCUT2D eigenvalue weighted by Crippen LogP contribution is -2.53. The van der Waals surface area contributed by atoms with Gasteiger partial charge in [-0.25, -0.2) is 4.79 Å². The van der Waals surface area contributed by atoms with Gasteiger partial charge in [-0.05, 0) is 33.9 Å². The molecule has 3 N–H and O–H groups in total. The summed E-state index contributed by atoms with van der Waals surface area (Å²) in [7, 11) is 4.08. The van der Waals surface area contributed by atoms with Crippen LogP contribution in [0.2, 0.25) is 0 Å². The van der Waals surface area contributed by atoms with E-state index in [9.17, 15) is 9.59 Å². The van der Waals surface area contributed by atoms with Gasteiger partial charge in [-0.1, -0.05) is 12.8 Å². The Balaban J connectivity index is 2.38. The van der Waals surface area contributed by atoms with Crippen LogP contribution in [0, 0.1) is 0 Å². The van der Waals surface area contributed by atoms with Crippen molar-refractivity contribution < 1.29 is 14.7 Å². The lowest BCUT2D eigenvalue weighted by molar-refractivity contribution is -0.137. The molecule has 0 bridgehead atoms. The highest BCUT2D eigenvalue weighted by atomic mass is 16.4. The van der Waals surface area contributed by atoms with E-state index in [4.69, 9.17) is 5.11 Å². The zero-order valence-corrected chi connectivity index (χ0v) is 12.0. The topological polar surface area (TPSA) is 81.7 Å². The zero-order valence-electron chi connectivity index (χ0n) is 12.0. The highest BCUT2D eigenvalue weighted by Gasteiger charge is 2.36. The van der Waals surface area contributed by atoms with Gasteiger partial charge in [0.05, 0.1) is 6.42 Å². The molecule has 1 rings (SSSR count). The molecule has 2 amide bonds. The van der Waals surface area contributed by atoms with Gasteiger partial charge in [-0.15, -0.1) is 0 Å². The van der Waals surface area contributed by atoms with Gasteiger partial charge >= 0.3 is 12.0 Å². The van der Waals surface area contributed by atoms with Crippen LogP contribution in [0.4, 0.5) is 4.79 Å². The minimum atomic E-state index is -0.909. The van der Waals surface area contributed by atoms with Crippen LogP contribution < -0.4 is 10.6 Å². The number of amides is 2. The average molecular weight is 271 g/mol. The van der Waals surface area contributed by atoms with E-state index in [0.717, 1.165) is 12.8 Å². The zero-order chi connectivity index (χ0) is 14.5. The first-order valence-corrected chi connectivity index (χ1v) is 6.79. The molecule has 0 aromatic heterocycles. The Kier molecular flexibility index (Phi) is 5.60. The number of carboxylic acid groups (broad SMARTS) is 1. The Morgan fingerprint density at radius 1 is 1.32 bits per heavy atom. The molecule has 1 atom stereocenters. The van der Waals surface area contributed by atoms with Crippen LogP contribution in [-0.2, 0) is 4.79 Å². The lowest BCUT2D eigenvalue weighted by atomic mass is 9.96. The van der Waals surface area contributed by atoms with Gasteiger partial charge in [-0.3, -0.25) is 4.79 Å². The molecule has 1 aliphatic rings. The second kappa shape index (κ2) is 6.75. The molecule has 6 heteroatoms.